The maximum absolute atomic E-state index is 11.9. The Kier molecular flexibility index (Phi) is 3.72. The van der Waals surface area contributed by atoms with Crippen LogP contribution in [0.15, 0.2) is 18.2 Å². The van der Waals surface area contributed by atoms with Crippen molar-refractivity contribution < 1.29 is 13.2 Å². The van der Waals surface area contributed by atoms with Gasteiger partial charge in [0.15, 0.2) is 0 Å². The molecule has 1 aromatic carbocycles. The van der Waals surface area contributed by atoms with Crippen molar-refractivity contribution in [3.05, 3.63) is 34.9 Å². The van der Waals surface area contributed by atoms with Gasteiger partial charge < -0.3 is 5.32 Å². The van der Waals surface area contributed by atoms with E-state index >= 15 is 0 Å². The lowest BCUT2D eigenvalue weighted by Gasteiger charge is -2.09. The van der Waals surface area contributed by atoms with E-state index in [0.29, 0.717) is 13.0 Å². The second-order valence-electron chi connectivity index (χ2n) is 4.50. The Balaban J connectivity index is 1.80. The molecule has 0 spiro atoms. The number of hydrogen-bond acceptors (Lipinski definition) is 1. The predicted molar refractivity (Wildman–Crippen MR) is 61.1 cm³/mol. The molecule has 1 aromatic rings. The van der Waals surface area contributed by atoms with Gasteiger partial charge in [-0.1, -0.05) is 18.2 Å². The fraction of sp³-hybridized carbons (Fsp3) is 0.538. The molecule has 1 aliphatic rings. The third kappa shape index (κ3) is 3.73. The van der Waals surface area contributed by atoms with E-state index in [2.05, 4.69) is 17.4 Å². The van der Waals surface area contributed by atoms with Crippen molar-refractivity contribution in [1.82, 2.24) is 5.32 Å². The van der Waals surface area contributed by atoms with E-state index in [1.54, 1.807) is 0 Å². The van der Waals surface area contributed by atoms with Gasteiger partial charge in [-0.3, -0.25) is 0 Å². The zero-order valence-corrected chi connectivity index (χ0v) is 9.61. The molecule has 0 unspecified atom stereocenters. The minimum Gasteiger partial charge on any atom is -0.308 e. The Morgan fingerprint density at radius 3 is 2.65 bits per heavy atom. The molecule has 0 heterocycles. The summed E-state index contributed by atoms with van der Waals surface area (Å²) in [4.78, 5) is 0. The summed E-state index contributed by atoms with van der Waals surface area (Å²) in [6.07, 6.45) is -0.00645. The number of rotatable bonds is 4. The molecular formula is C13H16F3N. The summed E-state index contributed by atoms with van der Waals surface area (Å²) < 4.78 is 35.7. The SMILES string of the molecule is FC(F)(F)CNCCc1ccc2c(c1)CCC2. The molecule has 0 amide bonds. The number of alkyl halides is 3. The first-order chi connectivity index (χ1) is 8.04. The first-order valence-corrected chi connectivity index (χ1v) is 5.93. The van der Waals surface area contributed by atoms with Crippen LogP contribution in [0.3, 0.4) is 0 Å². The fourth-order valence-corrected chi connectivity index (χ4v) is 2.24. The molecule has 4 heteroatoms. The van der Waals surface area contributed by atoms with Gasteiger partial charge in [-0.05, 0) is 48.9 Å². The topological polar surface area (TPSA) is 12.0 Å². The number of nitrogens with one attached hydrogen (secondary N) is 1. The molecule has 1 nitrogen and oxygen atoms in total. The van der Waals surface area contributed by atoms with Crippen LogP contribution in [0.2, 0.25) is 0 Å². The van der Waals surface area contributed by atoms with Crippen molar-refractivity contribution in [2.24, 2.45) is 0 Å². The quantitative estimate of drug-likeness (QED) is 0.802. The van der Waals surface area contributed by atoms with Gasteiger partial charge in [0.05, 0.1) is 6.54 Å². The second-order valence-corrected chi connectivity index (χ2v) is 4.50. The summed E-state index contributed by atoms with van der Waals surface area (Å²) in [6.45, 7) is -0.532. The van der Waals surface area contributed by atoms with E-state index in [0.717, 1.165) is 18.4 Å². The van der Waals surface area contributed by atoms with Gasteiger partial charge in [0.25, 0.3) is 0 Å². The average Bonchev–Trinajstić information content (AvgIpc) is 2.70. The zero-order chi connectivity index (χ0) is 12.3. The number of benzene rings is 1. The van der Waals surface area contributed by atoms with Crippen molar-refractivity contribution in [3.8, 4) is 0 Å². The number of hydrogen-bond donors (Lipinski definition) is 1. The summed E-state index contributed by atoms with van der Waals surface area (Å²) >= 11 is 0. The van der Waals surface area contributed by atoms with Crippen LogP contribution >= 0.6 is 0 Å². The Morgan fingerprint density at radius 2 is 1.88 bits per heavy atom. The van der Waals surface area contributed by atoms with E-state index in [4.69, 9.17) is 0 Å². The standard InChI is InChI=1S/C13H16F3N/c14-13(15,16)9-17-7-6-10-4-5-11-2-1-3-12(11)8-10/h4-5,8,17H,1-3,6-7,9H2. The first-order valence-electron chi connectivity index (χ1n) is 5.93. The van der Waals surface area contributed by atoms with Crippen LogP contribution in [0.5, 0.6) is 0 Å². The van der Waals surface area contributed by atoms with Crippen molar-refractivity contribution >= 4 is 0 Å². The normalized spacial score (nSPS) is 15.0. The molecule has 0 fully saturated rings. The smallest absolute Gasteiger partial charge is 0.308 e. The molecule has 0 saturated heterocycles. The summed E-state index contributed by atoms with van der Waals surface area (Å²) in [5, 5.41) is 2.42. The molecule has 1 N–H and O–H groups in total. The van der Waals surface area contributed by atoms with E-state index in [9.17, 15) is 13.2 Å². The predicted octanol–water partition coefficient (Wildman–Crippen LogP) is 2.87. The lowest BCUT2D eigenvalue weighted by atomic mass is 10.0. The maximum atomic E-state index is 11.9. The number of aryl methyl sites for hydroxylation is 2. The lowest BCUT2D eigenvalue weighted by Crippen LogP contribution is -2.30. The van der Waals surface area contributed by atoms with Crippen LogP contribution in [-0.2, 0) is 19.3 Å². The van der Waals surface area contributed by atoms with Crippen LogP contribution in [0, 0.1) is 0 Å². The lowest BCUT2D eigenvalue weighted by molar-refractivity contribution is -0.124. The van der Waals surface area contributed by atoms with Gasteiger partial charge in [0, 0.05) is 0 Å². The summed E-state index contributed by atoms with van der Waals surface area (Å²) in [6, 6.07) is 6.28. The largest absolute Gasteiger partial charge is 0.401 e. The zero-order valence-electron chi connectivity index (χ0n) is 9.61. The highest BCUT2D eigenvalue weighted by molar-refractivity contribution is 5.35. The highest BCUT2D eigenvalue weighted by Gasteiger charge is 2.25. The van der Waals surface area contributed by atoms with Gasteiger partial charge >= 0.3 is 6.18 Å². The third-order valence-electron chi connectivity index (χ3n) is 3.08. The Morgan fingerprint density at radius 1 is 1.12 bits per heavy atom. The van der Waals surface area contributed by atoms with Crippen LogP contribution in [0.1, 0.15) is 23.1 Å². The van der Waals surface area contributed by atoms with Gasteiger partial charge in [-0.2, -0.15) is 13.2 Å². The molecule has 0 radical (unpaired) electrons. The monoisotopic (exact) mass is 243 g/mol. The molecule has 0 bridgehead atoms. The summed E-state index contributed by atoms with van der Waals surface area (Å²) in [5.41, 5.74) is 3.90. The Labute approximate surface area is 99.0 Å². The van der Waals surface area contributed by atoms with Gasteiger partial charge in [-0.15, -0.1) is 0 Å². The highest BCUT2D eigenvalue weighted by Crippen LogP contribution is 2.22. The molecule has 17 heavy (non-hydrogen) atoms. The highest BCUT2D eigenvalue weighted by atomic mass is 19.4. The molecular weight excluding hydrogens is 227 g/mol. The van der Waals surface area contributed by atoms with Gasteiger partial charge in [0.2, 0.25) is 0 Å². The number of halogens is 3. The second kappa shape index (κ2) is 5.08. The van der Waals surface area contributed by atoms with Crippen LogP contribution < -0.4 is 5.32 Å². The minimum atomic E-state index is -4.11. The number of fused-ring (bicyclic) bond motifs is 1. The molecule has 0 atom stereocenters. The first kappa shape index (κ1) is 12.4. The fourth-order valence-electron chi connectivity index (χ4n) is 2.24. The molecule has 0 saturated carbocycles. The van der Waals surface area contributed by atoms with Gasteiger partial charge in [-0.25, -0.2) is 0 Å². The minimum absolute atomic E-state index is 0.373. The van der Waals surface area contributed by atoms with Crippen molar-refractivity contribution in [1.29, 1.82) is 0 Å². The van der Waals surface area contributed by atoms with Crippen molar-refractivity contribution in [3.63, 3.8) is 0 Å². The molecule has 0 aliphatic heterocycles. The van der Waals surface area contributed by atoms with Gasteiger partial charge in [0.1, 0.15) is 0 Å². The molecule has 0 aromatic heterocycles. The van der Waals surface area contributed by atoms with Crippen LogP contribution in [-0.4, -0.2) is 19.3 Å². The van der Waals surface area contributed by atoms with Crippen LogP contribution in [0.25, 0.3) is 0 Å². The van der Waals surface area contributed by atoms with E-state index in [1.165, 1.54) is 17.5 Å². The van der Waals surface area contributed by atoms with E-state index < -0.39 is 12.7 Å². The van der Waals surface area contributed by atoms with Crippen molar-refractivity contribution in [2.75, 3.05) is 13.1 Å². The molecule has 94 valence electrons. The van der Waals surface area contributed by atoms with E-state index in [1.807, 2.05) is 6.07 Å². The van der Waals surface area contributed by atoms with Crippen LogP contribution in [0.4, 0.5) is 13.2 Å². The summed E-state index contributed by atoms with van der Waals surface area (Å²) in [5.74, 6) is 0. The van der Waals surface area contributed by atoms with Crippen molar-refractivity contribution in [2.45, 2.75) is 31.9 Å². The molecule has 1 aliphatic carbocycles. The maximum Gasteiger partial charge on any atom is 0.401 e. The Hall–Kier alpha value is -1.03. The van der Waals surface area contributed by atoms with E-state index in [-0.39, 0.29) is 0 Å². The average molecular weight is 243 g/mol. The Bertz CT molecular complexity index is 385. The molecule has 2 rings (SSSR count). The summed E-state index contributed by atoms with van der Waals surface area (Å²) in [7, 11) is 0. The third-order valence-corrected chi connectivity index (χ3v) is 3.08.